The van der Waals surface area contributed by atoms with E-state index < -0.39 is 0 Å². The van der Waals surface area contributed by atoms with Gasteiger partial charge in [-0.2, -0.15) is 0 Å². The van der Waals surface area contributed by atoms with E-state index in [0.29, 0.717) is 0 Å². The number of hydrogen-bond donors (Lipinski definition) is 0. The first-order chi connectivity index (χ1) is 10.7. The number of fused-ring (bicyclic) bond motifs is 1. The van der Waals surface area contributed by atoms with Crippen LogP contribution in [-0.4, -0.2) is 34.8 Å². The molecule has 2 saturated heterocycles. The maximum Gasteiger partial charge on any atom is 0.255 e. The van der Waals surface area contributed by atoms with E-state index in [2.05, 4.69) is 17.0 Å². The van der Waals surface area contributed by atoms with Gasteiger partial charge >= 0.3 is 0 Å². The minimum Gasteiger partial charge on any atom is -0.375 e. The lowest BCUT2D eigenvalue weighted by Crippen LogP contribution is -2.52. The summed E-state index contributed by atoms with van der Waals surface area (Å²) in [5, 5.41) is 1.13. The Morgan fingerprint density at radius 1 is 1.18 bits per heavy atom. The molecule has 1 aromatic carbocycles. The minimum atomic E-state index is 0.124. The van der Waals surface area contributed by atoms with Crippen LogP contribution >= 0.6 is 0 Å². The maximum atomic E-state index is 12.6. The summed E-state index contributed by atoms with van der Waals surface area (Å²) in [6, 6.07) is 10.1. The van der Waals surface area contributed by atoms with E-state index in [1.165, 1.54) is 6.42 Å². The highest BCUT2D eigenvalue weighted by molar-refractivity contribution is 5.79. The van der Waals surface area contributed by atoms with Crippen LogP contribution in [-0.2, 0) is 18.3 Å². The molecule has 2 aliphatic heterocycles. The lowest BCUT2D eigenvalue weighted by molar-refractivity contribution is -0.173. The molecule has 2 aliphatic rings. The fourth-order valence-electron chi connectivity index (χ4n) is 3.75. The van der Waals surface area contributed by atoms with Crippen molar-refractivity contribution >= 4 is 10.9 Å². The monoisotopic (exact) mass is 298 g/mol. The van der Waals surface area contributed by atoms with Gasteiger partial charge in [-0.15, -0.1) is 0 Å². The van der Waals surface area contributed by atoms with Gasteiger partial charge in [-0.1, -0.05) is 18.2 Å². The summed E-state index contributed by atoms with van der Waals surface area (Å²) in [5.41, 5.74) is 2.19. The second kappa shape index (κ2) is 5.21. The summed E-state index contributed by atoms with van der Waals surface area (Å²) in [4.78, 5) is 15.0. The molecule has 1 aromatic heterocycles. The average Bonchev–Trinajstić information content (AvgIpc) is 2.52. The van der Waals surface area contributed by atoms with E-state index in [4.69, 9.17) is 4.74 Å². The lowest BCUT2D eigenvalue weighted by atomic mass is 9.84. The molecule has 116 valence electrons. The fraction of sp³-hybridized carbons (Fsp3) is 0.500. The summed E-state index contributed by atoms with van der Waals surface area (Å²) < 4.78 is 7.53. The standard InChI is InChI=1S/C18H22N2O2/c1-19-16-5-3-2-4-14(16)12-15(17(19)21)13-20-9-6-18(7-10-20)8-11-22-18/h2-5,12H,6-11,13H2,1H3. The Morgan fingerprint density at radius 2 is 1.91 bits per heavy atom. The topological polar surface area (TPSA) is 34.5 Å². The fourth-order valence-corrected chi connectivity index (χ4v) is 3.75. The summed E-state index contributed by atoms with van der Waals surface area (Å²) in [6.45, 7) is 3.71. The highest BCUT2D eigenvalue weighted by atomic mass is 16.5. The Morgan fingerprint density at radius 3 is 2.59 bits per heavy atom. The third-order valence-corrected chi connectivity index (χ3v) is 5.33. The zero-order chi connectivity index (χ0) is 15.2. The molecular formula is C18H22N2O2. The predicted octanol–water partition coefficient (Wildman–Crippen LogP) is 2.29. The van der Waals surface area contributed by atoms with Gasteiger partial charge in [-0.05, 0) is 36.8 Å². The van der Waals surface area contributed by atoms with Gasteiger partial charge in [-0.25, -0.2) is 0 Å². The predicted molar refractivity (Wildman–Crippen MR) is 87.0 cm³/mol. The van der Waals surface area contributed by atoms with Crippen LogP contribution in [0.2, 0.25) is 0 Å². The van der Waals surface area contributed by atoms with E-state index >= 15 is 0 Å². The van der Waals surface area contributed by atoms with Gasteiger partial charge in [0.2, 0.25) is 0 Å². The van der Waals surface area contributed by atoms with Crippen molar-refractivity contribution in [2.45, 2.75) is 31.4 Å². The highest BCUT2D eigenvalue weighted by Crippen LogP contribution is 2.36. The van der Waals surface area contributed by atoms with Crippen molar-refractivity contribution in [1.82, 2.24) is 9.47 Å². The van der Waals surface area contributed by atoms with Crippen molar-refractivity contribution in [2.24, 2.45) is 7.05 Å². The molecule has 4 heteroatoms. The van der Waals surface area contributed by atoms with Gasteiger partial charge in [0.05, 0.1) is 17.7 Å². The van der Waals surface area contributed by atoms with Crippen LogP contribution in [0.5, 0.6) is 0 Å². The number of aromatic nitrogens is 1. The summed E-state index contributed by atoms with van der Waals surface area (Å²) in [7, 11) is 1.86. The molecule has 1 spiro atoms. The van der Waals surface area contributed by atoms with Gasteiger partial charge in [0, 0.05) is 32.2 Å². The number of nitrogens with zero attached hydrogens (tertiary/aromatic N) is 2. The number of aryl methyl sites for hydroxylation is 1. The zero-order valence-corrected chi connectivity index (χ0v) is 13.0. The van der Waals surface area contributed by atoms with Crippen LogP contribution < -0.4 is 5.56 Å². The number of hydrogen-bond acceptors (Lipinski definition) is 3. The van der Waals surface area contributed by atoms with Gasteiger partial charge < -0.3 is 9.30 Å². The van der Waals surface area contributed by atoms with E-state index in [-0.39, 0.29) is 11.2 Å². The number of piperidine rings is 1. The SMILES string of the molecule is Cn1c(=O)c(CN2CCC3(CCO3)CC2)cc2ccccc21. The molecule has 0 amide bonds. The Labute approximate surface area is 130 Å². The Hall–Kier alpha value is -1.65. The molecule has 0 unspecified atom stereocenters. The van der Waals surface area contributed by atoms with Gasteiger partial charge in [0.25, 0.3) is 5.56 Å². The molecule has 4 rings (SSSR count). The number of likely N-dealkylation sites (tertiary alicyclic amines) is 1. The molecule has 0 radical (unpaired) electrons. The molecule has 3 heterocycles. The Bertz CT molecular complexity index is 751. The second-order valence-electron chi connectivity index (χ2n) is 6.65. The second-order valence-corrected chi connectivity index (χ2v) is 6.65. The van der Waals surface area contributed by atoms with E-state index in [0.717, 1.165) is 55.5 Å². The summed E-state index contributed by atoms with van der Waals surface area (Å²) >= 11 is 0. The van der Waals surface area contributed by atoms with E-state index in [9.17, 15) is 4.79 Å². The van der Waals surface area contributed by atoms with Gasteiger partial charge in [-0.3, -0.25) is 9.69 Å². The third-order valence-electron chi connectivity index (χ3n) is 5.33. The number of rotatable bonds is 2. The number of ether oxygens (including phenoxy) is 1. The smallest absolute Gasteiger partial charge is 0.255 e. The number of benzene rings is 1. The molecule has 0 atom stereocenters. The minimum absolute atomic E-state index is 0.124. The van der Waals surface area contributed by atoms with Crippen LogP contribution in [0.4, 0.5) is 0 Å². The van der Waals surface area contributed by atoms with Gasteiger partial charge in [0.15, 0.2) is 0 Å². The van der Waals surface area contributed by atoms with Gasteiger partial charge in [0.1, 0.15) is 0 Å². The molecule has 22 heavy (non-hydrogen) atoms. The molecule has 4 nitrogen and oxygen atoms in total. The van der Waals surface area contributed by atoms with Crippen molar-refractivity contribution in [1.29, 1.82) is 0 Å². The molecule has 0 N–H and O–H groups in total. The summed E-state index contributed by atoms with van der Waals surface area (Å²) in [5.74, 6) is 0. The van der Waals surface area contributed by atoms with Crippen molar-refractivity contribution in [3.05, 3.63) is 46.2 Å². The number of pyridine rings is 1. The van der Waals surface area contributed by atoms with Crippen LogP contribution in [0, 0.1) is 0 Å². The van der Waals surface area contributed by atoms with E-state index in [1.807, 2.05) is 25.2 Å². The summed E-state index contributed by atoms with van der Waals surface area (Å²) in [6.07, 6.45) is 3.40. The molecule has 2 fully saturated rings. The highest BCUT2D eigenvalue weighted by Gasteiger charge is 2.40. The van der Waals surface area contributed by atoms with Crippen molar-refractivity contribution in [3.8, 4) is 0 Å². The van der Waals surface area contributed by atoms with Crippen molar-refractivity contribution in [3.63, 3.8) is 0 Å². The van der Waals surface area contributed by atoms with Crippen LogP contribution in [0.15, 0.2) is 35.1 Å². The Kier molecular flexibility index (Phi) is 3.31. The molecule has 0 aliphatic carbocycles. The first-order valence-electron chi connectivity index (χ1n) is 8.11. The largest absolute Gasteiger partial charge is 0.375 e. The number of para-hydroxylation sites is 1. The first kappa shape index (κ1) is 14.0. The van der Waals surface area contributed by atoms with Crippen molar-refractivity contribution in [2.75, 3.05) is 19.7 Å². The average molecular weight is 298 g/mol. The normalized spacial score (nSPS) is 21.1. The molecular weight excluding hydrogens is 276 g/mol. The maximum absolute atomic E-state index is 12.6. The Balaban J connectivity index is 1.57. The van der Waals surface area contributed by atoms with Crippen molar-refractivity contribution < 1.29 is 4.74 Å². The molecule has 0 saturated carbocycles. The molecule has 2 aromatic rings. The zero-order valence-electron chi connectivity index (χ0n) is 13.0. The van der Waals surface area contributed by atoms with Crippen LogP contribution in [0.3, 0.4) is 0 Å². The molecule has 0 bridgehead atoms. The first-order valence-corrected chi connectivity index (χ1v) is 8.11. The van der Waals surface area contributed by atoms with E-state index in [1.54, 1.807) is 4.57 Å². The van der Waals surface area contributed by atoms with Crippen LogP contribution in [0.25, 0.3) is 10.9 Å². The quantitative estimate of drug-likeness (QED) is 0.853. The third kappa shape index (κ3) is 2.27. The lowest BCUT2D eigenvalue weighted by Gasteiger charge is -2.47. The van der Waals surface area contributed by atoms with Crippen LogP contribution in [0.1, 0.15) is 24.8 Å².